The highest BCUT2D eigenvalue weighted by molar-refractivity contribution is 5.86. The number of anilines is 4. The highest BCUT2D eigenvalue weighted by atomic mass is 16.3. The number of aromatic nitrogens is 18. The number of hydrogen-bond acceptors (Lipinski definition) is 23. The van der Waals surface area contributed by atoms with Gasteiger partial charge in [-0.1, -0.05) is 0 Å². The van der Waals surface area contributed by atoms with Crippen LogP contribution in [0.25, 0.3) is 22.3 Å². The first-order valence-electron chi connectivity index (χ1n) is 27.8. The summed E-state index contributed by atoms with van der Waals surface area (Å²) in [6.07, 6.45) is 12.6. The minimum Gasteiger partial charge on any atom is -0.390 e. The minimum absolute atomic E-state index is 0.0595. The van der Waals surface area contributed by atoms with Crippen LogP contribution in [0.1, 0.15) is 92.9 Å². The predicted octanol–water partition coefficient (Wildman–Crippen LogP) is -0.126. The summed E-state index contributed by atoms with van der Waals surface area (Å²) >= 11 is 0. The first-order valence-corrected chi connectivity index (χ1v) is 27.8. The maximum absolute atomic E-state index is 14.3. The largest absolute Gasteiger partial charge is 0.390 e. The van der Waals surface area contributed by atoms with Crippen LogP contribution in [0.3, 0.4) is 0 Å². The molecular formula is C50H68N24O7. The highest BCUT2D eigenvalue weighted by Crippen LogP contribution is 2.41. The van der Waals surface area contributed by atoms with E-state index in [1.54, 1.807) is 34.4 Å². The van der Waals surface area contributed by atoms with Gasteiger partial charge in [-0.3, -0.25) is 0 Å². The first kappa shape index (κ1) is 53.7. The zero-order valence-electron chi connectivity index (χ0n) is 44.9. The zero-order chi connectivity index (χ0) is 55.9. The van der Waals surface area contributed by atoms with Gasteiger partial charge in [0.1, 0.15) is 47.9 Å². The van der Waals surface area contributed by atoms with Crippen molar-refractivity contribution >= 4 is 51.9 Å². The number of carbonyl (C=O) groups is 1. The van der Waals surface area contributed by atoms with Crippen molar-refractivity contribution in [3.63, 3.8) is 0 Å². The van der Waals surface area contributed by atoms with Gasteiger partial charge >= 0.3 is 6.03 Å². The molecule has 31 nitrogen and oxygen atoms in total. The van der Waals surface area contributed by atoms with Gasteiger partial charge in [-0.05, 0) is 46.0 Å². The normalized spacial score (nSPS) is 24.3. The van der Waals surface area contributed by atoms with Crippen LogP contribution >= 0.6 is 0 Å². The summed E-state index contributed by atoms with van der Waals surface area (Å²) in [6.45, 7) is 8.04. The summed E-state index contributed by atoms with van der Waals surface area (Å²) in [6, 6.07) is -2.90. The fourth-order valence-corrected chi connectivity index (χ4v) is 11.6. The van der Waals surface area contributed by atoms with E-state index in [9.17, 15) is 35.4 Å². The monoisotopic (exact) mass is 1120 g/mol. The molecular weight excluding hydrogens is 1050 g/mol. The number of likely N-dealkylation sites (tertiary alicyclic amines) is 2. The van der Waals surface area contributed by atoms with Crippen LogP contribution in [0.2, 0.25) is 0 Å². The third-order valence-electron chi connectivity index (χ3n) is 16.2. The maximum atomic E-state index is 14.3. The van der Waals surface area contributed by atoms with Gasteiger partial charge in [0.05, 0.1) is 74.4 Å². The van der Waals surface area contributed by atoms with Gasteiger partial charge in [-0.2, -0.15) is 49.9 Å². The van der Waals surface area contributed by atoms with Gasteiger partial charge in [0.15, 0.2) is 34.0 Å². The number of urea groups is 1. The molecule has 10 N–H and O–H groups in total. The molecule has 0 spiro atoms. The van der Waals surface area contributed by atoms with E-state index >= 15 is 0 Å². The lowest BCUT2D eigenvalue weighted by Gasteiger charge is -2.35. The Hall–Kier alpha value is -7.97. The number of fused-ring (bicyclic) bond motifs is 2. The second kappa shape index (κ2) is 22.9. The van der Waals surface area contributed by atoms with E-state index in [-0.39, 0.29) is 44.2 Å². The maximum Gasteiger partial charge on any atom is 0.320 e. The molecule has 0 aromatic carbocycles. The fraction of sp³-hybridized carbons (Fsp3) is 0.580. The molecule has 0 unspecified atom stereocenters. The molecule has 12 rings (SSSR count). The number of imidazole rings is 4. The van der Waals surface area contributed by atoms with Crippen molar-refractivity contribution < 1.29 is 35.4 Å². The van der Waals surface area contributed by atoms with Crippen LogP contribution in [-0.4, -0.2) is 210 Å². The summed E-state index contributed by atoms with van der Waals surface area (Å²) in [5.41, 5.74) is 4.39. The van der Waals surface area contributed by atoms with Crippen LogP contribution < -0.4 is 21.3 Å². The van der Waals surface area contributed by atoms with E-state index in [0.29, 0.717) is 129 Å². The number of carbonyl (C=O) groups excluding carboxylic acids is 1. The van der Waals surface area contributed by atoms with Gasteiger partial charge < -0.3 is 80.0 Å². The van der Waals surface area contributed by atoms with Gasteiger partial charge in [0.25, 0.3) is 0 Å². The lowest BCUT2D eigenvalue weighted by Crippen LogP contribution is -2.48. The average Bonchev–Trinajstić information content (AvgIpc) is 4.55. The summed E-state index contributed by atoms with van der Waals surface area (Å²) in [4.78, 5) is 58.8. The molecule has 2 aliphatic carbocycles. The summed E-state index contributed by atoms with van der Waals surface area (Å²) < 4.78 is 7.54. The van der Waals surface area contributed by atoms with Gasteiger partial charge in [-0.25, -0.2) is 24.7 Å². The second-order valence-electron chi connectivity index (χ2n) is 21.3. The van der Waals surface area contributed by atoms with E-state index in [1.807, 2.05) is 31.3 Å². The number of nitrogens with one attached hydrogen (secondary N) is 4. The fourth-order valence-electron chi connectivity index (χ4n) is 11.6. The Balaban J connectivity index is 0.719. The molecule has 9 atom stereocenters. The molecule has 31 heteroatoms. The van der Waals surface area contributed by atoms with E-state index in [2.05, 4.69) is 65.5 Å². The lowest BCUT2D eigenvalue weighted by molar-refractivity contribution is 0.00491. The highest BCUT2D eigenvalue weighted by Gasteiger charge is 2.47. The molecule has 4 fully saturated rings. The van der Waals surface area contributed by atoms with Crippen LogP contribution in [-0.2, 0) is 39.1 Å². The van der Waals surface area contributed by atoms with Crippen molar-refractivity contribution in [3.05, 3.63) is 72.9 Å². The SMILES string of the molecule is CCn1cnc(CCNc2nc(NC3CCN(C(=O)N4CC[C@@H](Nc5nc(NCCc6cn(CC)cn6)nc6c5ncn6[C@@H]5C[C@H](n6ncc(CO)n6)[C@@H](O)[C@H]5O)C4)CC3)c3ncn([C@@H]4C[C@H](n5ncc(CO)n5)[C@@H](O)[C@H]4O)c3n2)c1. The molecule has 81 heavy (non-hydrogen) atoms. The number of amides is 2. The molecule has 8 aromatic heterocycles. The van der Waals surface area contributed by atoms with Crippen LogP contribution in [0.5, 0.6) is 0 Å². The Labute approximate surface area is 463 Å². The molecule has 4 aliphatic rings. The third-order valence-corrected chi connectivity index (χ3v) is 16.2. The molecule has 10 heterocycles. The Morgan fingerprint density at radius 1 is 0.568 bits per heavy atom. The van der Waals surface area contributed by atoms with E-state index < -0.39 is 48.6 Å². The smallest absolute Gasteiger partial charge is 0.320 e. The second-order valence-corrected chi connectivity index (χ2v) is 21.3. The molecule has 2 saturated carbocycles. The van der Waals surface area contributed by atoms with Gasteiger partial charge in [0, 0.05) is 89.7 Å². The van der Waals surface area contributed by atoms with Crippen molar-refractivity contribution in [1.82, 2.24) is 97.9 Å². The van der Waals surface area contributed by atoms with Crippen LogP contribution in [0.15, 0.2) is 50.1 Å². The molecule has 8 aromatic rings. The Morgan fingerprint density at radius 3 is 1.48 bits per heavy atom. The molecule has 2 aliphatic heterocycles. The third kappa shape index (κ3) is 10.8. The predicted molar refractivity (Wildman–Crippen MR) is 289 cm³/mol. The van der Waals surface area contributed by atoms with Gasteiger partial charge in [0.2, 0.25) is 11.9 Å². The van der Waals surface area contributed by atoms with Crippen LogP contribution in [0.4, 0.5) is 28.3 Å². The van der Waals surface area contributed by atoms with Crippen molar-refractivity contribution in [2.45, 2.75) is 146 Å². The van der Waals surface area contributed by atoms with Crippen LogP contribution in [0, 0.1) is 0 Å². The number of hydrogen-bond donors (Lipinski definition) is 10. The topological polar surface area (TPSA) is 377 Å². The average molecular weight is 1120 g/mol. The number of piperidine rings is 1. The summed E-state index contributed by atoms with van der Waals surface area (Å²) in [7, 11) is 0. The molecule has 0 radical (unpaired) electrons. The van der Waals surface area contributed by atoms with Crippen molar-refractivity contribution in [2.24, 2.45) is 0 Å². The minimum atomic E-state index is -1.21. The number of rotatable bonds is 20. The number of aliphatic hydroxyl groups is 6. The van der Waals surface area contributed by atoms with E-state index in [0.717, 1.165) is 24.5 Å². The zero-order valence-corrected chi connectivity index (χ0v) is 44.9. The quantitative estimate of drug-likeness (QED) is 0.0475. The first-order chi connectivity index (χ1) is 39.4. The molecule has 2 saturated heterocycles. The molecule has 2 amide bonds. The van der Waals surface area contributed by atoms with Crippen molar-refractivity contribution in [1.29, 1.82) is 0 Å². The molecule has 0 bridgehead atoms. The Morgan fingerprint density at radius 2 is 1.02 bits per heavy atom. The van der Waals surface area contributed by atoms with E-state index in [1.165, 1.54) is 22.0 Å². The summed E-state index contributed by atoms with van der Waals surface area (Å²) in [5.74, 6) is 1.64. The number of aliphatic hydroxyl groups excluding tert-OH is 6. The van der Waals surface area contributed by atoms with Crippen molar-refractivity contribution in [2.75, 3.05) is 60.5 Å². The Kier molecular flexibility index (Phi) is 15.2. The van der Waals surface area contributed by atoms with Gasteiger partial charge in [-0.15, -0.1) is 0 Å². The standard InChI is InChI=1S/C50H68N24O7/c1-3-67-19-29(53-24-67)5-10-51-48-61-44(38-46(63-48)71(26-55-38)34-15-36(42(79)40(34)77)73-57-17-32(22-75)65-73)59-28-7-12-69(13-8-28)50(81)70-14-9-31(21-70)60-45-39-47(64-49(62-45)52-11-6-30-20-68(4-2)25-54-30)72(27-56-39)35-16-37(43(80)41(35)78)74-58-18-33(23-76)66-74/h17-20,24-28,31,34-37,40-43,75-80H,3-16,21-23H2,1-2H3,(H2,51,59,61,63)(H2,52,60,62,64)/t31-,34-,35-,36+,37+,40+,41+,42-,43-/m1/s1. The van der Waals surface area contributed by atoms with Crippen molar-refractivity contribution in [3.8, 4) is 0 Å². The number of nitrogens with zero attached hydrogens (tertiary/aromatic N) is 20. The summed E-state index contributed by atoms with van der Waals surface area (Å²) in [5, 5.41) is 95.5. The Bertz CT molecular complexity index is 3450. The molecule has 430 valence electrons. The van der Waals surface area contributed by atoms with E-state index in [4.69, 9.17) is 29.9 Å². The number of aryl methyl sites for hydroxylation is 2. The lowest BCUT2D eigenvalue weighted by atomic mass is 10.1.